The minimum absolute atomic E-state index is 0. The average Bonchev–Trinajstić information content (AvgIpc) is 2.57. The zero-order chi connectivity index (χ0) is 16.7. The van der Waals surface area contributed by atoms with Crippen LogP contribution in [0.3, 0.4) is 0 Å². The molecule has 1 fully saturated rings. The van der Waals surface area contributed by atoms with Crippen LogP contribution in [-0.4, -0.2) is 54.6 Å². The van der Waals surface area contributed by atoms with E-state index in [4.69, 9.17) is 4.74 Å². The van der Waals surface area contributed by atoms with Crippen molar-refractivity contribution in [3.8, 4) is 5.75 Å². The van der Waals surface area contributed by atoms with Gasteiger partial charge in [-0.15, -0.1) is 12.4 Å². The smallest absolute Gasteiger partial charge is 0.224 e. The van der Waals surface area contributed by atoms with Crippen molar-refractivity contribution >= 4 is 30.1 Å². The monoisotopic (exact) mass is 372 g/mol. The van der Waals surface area contributed by atoms with Crippen LogP contribution in [0.4, 0.5) is 0 Å². The molecule has 1 aliphatic heterocycles. The van der Waals surface area contributed by atoms with Gasteiger partial charge in [-0.3, -0.25) is 4.79 Å². The minimum Gasteiger partial charge on any atom is -0.497 e. The number of nitrogens with one attached hydrogen (secondary N) is 1. The number of carbonyl (C=O) groups excluding carboxylic acids is 1. The van der Waals surface area contributed by atoms with Gasteiger partial charge in [-0.2, -0.15) is 11.8 Å². The Morgan fingerprint density at radius 2 is 2.12 bits per heavy atom. The predicted octanol–water partition coefficient (Wildman–Crippen LogP) is 2.99. The molecule has 2 rings (SSSR count). The molecule has 1 aromatic rings. The van der Waals surface area contributed by atoms with Crippen LogP contribution < -0.4 is 10.1 Å². The van der Waals surface area contributed by atoms with Crippen molar-refractivity contribution in [3.05, 3.63) is 29.8 Å². The lowest BCUT2D eigenvalue weighted by atomic mass is 10.0. The first-order chi connectivity index (χ1) is 11.1. The molecule has 1 aliphatic rings. The fourth-order valence-electron chi connectivity index (χ4n) is 3.03. The number of likely N-dealkylation sites (N-methyl/N-ethyl adjacent to an activating group) is 1. The Hall–Kier alpha value is -0.910. The second-order valence-corrected chi connectivity index (χ2v) is 7.16. The lowest BCUT2D eigenvalue weighted by Gasteiger charge is -2.31. The number of hydrogen-bond acceptors (Lipinski definition) is 4. The standard InChI is InChI=1S/C18H28N2O2S.ClH/c1-4-20(18(21)12-16-13-23-10-9-19-16)14(2)11-15-5-7-17(22-3)8-6-15;/h5-8,14,16,19H,4,9-13H2,1-3H3;1H. The van der Waals surface area contributed by atoms with E-state index in [0.29, 0.717) is 12.5 Å². The van der Waals surface area contributed by atoms with Crippen LogP contribution in [0.5, 0.6) is 5.75 Å². The van der Waals surface area contributed by atoms with Gasteiger partial charge in [0, 0.05) is 43.1 Å². The molecule has 136 valence electrons. The number of thioether (sulfide) groups is 1. The predicted molar refractivity (Wildman–Crippen MR) is 105 cm³/mol. The first-order valence-corrected chi connectivity index (χ1v) is 9.53. The highest BCUT2D eigenvalue weighted by molar-refractivity contribution is 7.99. The van der Waals surface area contributed by atoms with E-state index in [2.05, 4.69) is 31.3 Å². The number of benzene rings is 1. The molecule has 0 aliphatic carbocycles. The third kappa shape index (κ3) is 6.19. The molecular formula is C18H29ClN2O2S. The highest BCUT2D eigenvalue weighted by atomic mass is 35.5. The number of ether oxygens (including phenoxy) is 1. The summed E-state index contributed by atoms with van der Waals surface area (Å²) in [4.78, 5) is 14.6. The molecule has 0 spiro atoms. The summed E-state index contributed by atoms with van der Waals surface area (Å²) in [5.41, 5.74) is 1.23. The SMILES string of the molecule is CCN(C(=O)CC1CSCCN1)C(C)Cc1ccc(OC)cc1.Cl. The van der Waals surface area contributed by atoms with Crippen molar-refractivity contribution in [2.75, 3.05) is 31.7 Å². The highest BCUT2D eigenvalue weighted by Crippen LogP contribution is 2.16. The van der Waals surface area contributed by atoms with E-state index in [1.807, 2.05) is 28.8 Å². The number of nitrogens with zero attached hydrogens (tertiary/aromatic N) is 1. The van der Waals surface area contributed by atoms with Gasteiger partial charge in [0.15, 0.2) is 0 Å². The molecule has 2 atom stereocenters. The van der Waals surface area contributed by atoms with Crippen molar-refractivity contribution < 1.29 is 9.53 Å². The van der Waals surface area contributed by atoms with Crippen LogP contribution in [0.15, 0.2) is 24.3 Å². The first kappa shape index (κ1) is 21.1. The maximum atomic E-state index is 12.6. The zero-order valence-corrected chi connectivity index (χ0v) is 16.4. The normalized spacial score (nSPS) is 18.4. The first-order valence-electron chi connectivity index (χ1n) is 8.37. The number of carbonyl (C=O) groups is 1. The van der Waals surface area contributed by atoms with Gasteiger partial charge < -0.3 is 15.0 Å². The molecule has 4 nitrogen and oxygen atoms in total. The molecule has 0 radical (unpaired) electrons. The van der Waals surface area contributed by atoms with Gasteiger partial charge in [0.1, 0.15) is 5.75 Å². The van der Waals surface area contributed by atoms with Crippen LogP contribution in [0.2, 0.25) is 0 Å². The maximum absolute atomic E-state index is 12.6. The van der Waals surface area contributed by atoms with Crippen LogP contribution >= 0.6 is 24.2 Å². The Morgan fingerprint density at radius 3 is 2.67 bits per heavy atom. The Balaban J connectivity index is 0.00000288. The summed E-state index contributed by atoms with van der Waals surface area (Å²) in [7, 11) is 1.67. The van der Waals surface area contributed by atoms with Gasteiger partial charge in [-0.25, -0.2) is 0 Å². The topological polar surface area (TPSA) is 41.6 Å². The maximum Gasteiger partial charge on any atom is 0.224 e. The minimum atomic E-state index is 0. The molecule has 1 amide bonds. The third-order valence-electron chi connectivity index (χ3n) is 4.30. The van der Waals surface area contributed by atoms with E-state index in [1.54, 1.807) is 7.11 Å². The number of amides is 1. The Labute approximate surface area is 156 Å². The van der Waals surface area contributed by atoms with Gasteiger partial charge >= 0.3 is 0 Å². The summed E-state index contributed by atoms with van der Waals surface area (Å²) >= 11 is 1.93. The van der Waals surface area contributed by atoms with E-state index in [1.165, 1.54) is 5.56 Å². The molecule has 0 aromatic heterocycles. The van der Waals surface area contributed by atoms with Crippen molar-refractivity contribution in [2.24, 2.45) is 0 Å². The van der Waals surface area contributed by atoms with Gasteiger partial charge in [0.25, 0.3) is 0 Å². The van der Waals surface area contributed by atoms with E-state index >= 15 is 0 Å². The molecule has 1 aromatic carbocycles. The zero-order valence-electron chi connectivity index (χ0n) is 14.8. The van der Waals surface area contributed by atoms with Crippen LogP contribution in [-0.2, 0) is 11.2 Å². The summed E-state index contributed by atoms with van der Waals surface area (Å²) in [5.74, 6) is 3.31. The Morgan fingerprint density at radius 1 is 1.42 bits per heavy atom. The molecule has 6 heteroatoms. The fourth-order valence-corrected chi connectivity index (χ4v) is 3.97. The summed E-state index contributed by atoms with van der Waals surface area (Å²) in [6, 6.07) is 8.63. The number of methoxy groups -OCH3 is 1. The van der Waals surface area contributed by atoms with Crippen LogP contribution in [0.1, 0.15) is 25.8 Å². The molecule has 0 bridgehead atoms. The number of rotatable bonds is 7. The molecule has 1 N–H and O–H groups in total. The molecular weight excluding hydrogens is 344 g/mol. The Bertz CT molecular complexity index is 492. The van der Waals surface area contributed by atoms with Crippen molar-refractivity contribution in [2.45, 2.75) is 38.8 Å². The summed E-state index contributed by atoms with van der Waals surface area (Å²) < 4.78 is 5.19. The lowest BCUT2D eigenvalue weighted by molar-refractivity contribution is -0.133. The van der Waals surface area contributed by atoms with E-state index in [0.717, 1.165) is 36.8 Å². The van der Waals surface area contributed by atoms with Crippen LogP contribution in [0, 0.1) is 0 Å². The summed E-state index contributed by atoms with van der Waals surface area (Å²) in [5, 5.41) is 3.45. The van der Waals surface area contributed by atoms with E-state index in [-0.39, 0.29) is 24.4 Å². The molecule has 1 saturated heterocycles. The summed E-state index contributed by atoms with van der Waals surface area (Å²) in [6.45, 7) is 5.96. The lowest BCUT2D eigenvalue weighted by Crippen LogP contribution is -2.45. The molecule has 2 unspecified atom stereocenters. The number of hydrogen-bond donors (Lipinski definition) is 1. The molecule has 1 heterocycles. The number of halogens is 1. The van der Waals surface area contributed by atoms with Gasteiger partial charge in [0.05, 0.1) is 7.11 Å². The quantitative estimate of drug-likeness (QED) is 0.798. The summed E-state index contributed by atoms with van der Waals surface area (Å²) in [6.07, 6.45) is 1.48. The van der Waals surface area contributed by atoms with Gasteiger partial charge in [0.2, 0.25) is 5.91 Å². The second-order valence-electron chi connectivity index (χ2n) is 6.01. The molecule has 24 heavy (non-hydrogen) atoms. The van der Waals surface area contributed by atoms with E-state index in [9.17, 15) is 4.79 Å². The van der Waals surface area contributed by atoms with Gasteiger partial charge in [-0.05, 0) is 38.0 Å². The highest BCUT2D eigenvalue weighted by Gasteiger charge is 2.23. The van der Waals surface area contributed by atoms with Crippen molar-refractivity contribution in [1.29, 1.82) is 0 Å². The fraction of sp³-hybridized carbons (Fsp3) is 0.611. The van der Waals surface area contributed by atoms with Crippen LogP contribution in [0.25, 0.3) is 0 Å². The largest absolute Gasteiger partial charge is 0.497 e. The van der Waals surface area contributed by atoms with Gasteiger partial charge in [-0.1, -0.05) is 12.1 Å². The average molecular weight is 373 g/mol. The Kier molecular flexibility index (Phi) is 9.56. The molecule has 0 saturated carbocycles. The second kappa shape index (κ2) is 10.9. The van der Waals surface area contributed by atoms with E-state index < -0.39 is 0 Å². The van der Waals surface area contributed by atoms with Crippen molar-refractivity contribution in [1.82, 2.24) is 10.2 Å². The third-order valence-corrected chi connectivity index (χ3v) is 5.43. The van der Waals surface area contributed by atoms with Crippen molar-refractivity contribution in [3.63, 3.8) is 0 Å².